The number of allylic oxidation sites excluding steroid dienone is 1. The van der Waals surface area contributed by atoms with Crippen LogP contribution in [0.1, 0.15) is 39.5 Å². The molecule has 8 atom stereocenters. The molecule has 1 aromatic carbocycles. The third-order valence-electron chi connectivity index (χ3n) is 9.26. The first kappa shape index (κ1) is 31.7. The Morgan fingerprint density at radius 3 is 2.79 bits per heavy atom. The van der Waals surface area contributed by atoms with Gasteiger partial charge in [0.15, 0.2) is 0 Å². The number of likely N-dealkylation sites (tertiary alicyclic amines) is 1. The van der Waals surface area contributed by atoms with Crippen LogP contribution in [-0.4, -0.2) is 94.4 Å². The molecule has 3 unspecified atom stereocenters. The molecule has 3 aliphatic heterocycles. The van der Waals surface area contributed by atoms with Crippen LogP contribution >= 0.6 is 27.7 Å². The average molecular weight is 675 g/mol. The lowest BCUT2D eigenvalue weighted by atomic mass is 9.71. The van der Waals surface area contributed by atoms with Gasteiger partial charge in [0.2, 0.25) is 11.8 Å². The van der Waals surface area contributed by atoms with Gasteiger partial charge in [0.05, 0.1) is 41.4 Å². The smallest absolute Gasteiger partial charge is 0.310 e. The number of unbranched alkanes of at least 4 members (excludes halogenated alkanes) is 1. The Morgan fingerprint density at radius 1 is 1.33 bits per heavy atom. The van der Waals surface area contributed by atoms with Crippen LogP contribution in [0, 0.1) is 17.8 Å². The predicted molar refractivity (Wildman–Crippen MR) is 169 cm³/mol. The summed E-state index contributed by atoms with van der Waals surface area (Å²) in [5.74, 6) is -2.41. The zero-order valence-corrected chi connectivity index (χ0v) is 27.1. The summed E-state index contributed by atoms with van der Waals surface area (Å²) in [5, 5.41) is 19.0. The number of para-hydroxylation sites is 1. The minimum absolute atomic E-state index is 0.0714. The van der Waals surface area contributed by atoms with Gasteiger partial charge >= 0.3 is 5.97 Å². The van der Waals surface area contributed by atoms with E-state index in [0.717, 1.165) is 11.9 Å². The summed E-state index contributed by atoms with van der Waals surface area (Å²) < 4.78 is 6.51. The molecule has 2 aromatic rings. The molecular weight excluding hydrogens is 634 g/mol. The highest BCUT2D eigenvalue weighted by Gasteiger charge is 2.76. The standard InChI is InChI=1S/C31H40BrN5O5S/c1-5-8-11-15-42-30(41)24-25-28(39)37(23(17-38)19(4)7-3)27(31(25)16-20(32)26(24)43-31)29(40)35(14-6-2)18-36-22-13-10-9-12-21(22)33-34-36/h5-6,9-10,12-13,19-20,23-27,38H,1-2,7-8,11,14-18H2,3-4H3/t19-,20?,23-,24+,25-,26+,27?,31?/m0/s1. The third-order valence-corrected chi connectivity index (χ3v) is 12.5. The van der Waals surface area contributed by atoms with E-state index in [1.54, 1.807) is 38.4 Å². The van der Waals surface area contributed by atoms with Crippen molar-refractivity contribution in [2.24, 2.45) is 17.8 Å². The molecule has 1 aromatic heterocycles. The summed E-state index contributed by atoms with van der Waals surface area (Å²) in [7, 11) is 0. The molecule has 3 fully saturated rings. The Labute approximate surface area is 265 Å². The largest absolute Gasteiger partial charge is 0.465 e. The summed E-state index contributed by atoms with van der Waals surface area (Å²) in [6, 6.07) is 6.05. The van der Waals surface area contributed by atoms with Gasteiger partial charge in [0.25, 0.3) is 0 Å². The van der Waals surface area contributed by atoms with Crippen molar-refractivity contribution in [1.82, 2.24) is 24.8 Å². The van der Waals surface area contributed by atoms with E-state index in [9.17, 15) is 19.5 Å². The fraction of sp³-hybridized carbons (Fsp3) is 0.581. The number of benzene rings is 1. The molecule has 232 valence electrons. The second-order valence-corrected chi connectivity index (χ2v) is 14.4. The average Bonchev–Trinajstić information content (AvgIpc) is 3.72. The molecule has 0 saturated carbocycles. The molecule has 5 rings (SSSR count). The van der Waals surface area contributed by atoms with Crippen molar-refractivity contribution < 1.29 is 24.2 Å². The summed E-state index contributed by atoms with van der Waals surface area (Å²) in [6.07, 6.45) is 6.06. The van der Waals surface area contributed by atoms with Crippen LogP contribution in [0.5, 0.6) is 0 Å². The van der Waals surface area contributed by atoms with E-state index < -0.39 is 34.6 Å². The van der Waals surface area contributed by atoms with E-state index in [0.29, 0.717) is 24.8 Å². The number of aromatic nitrogens is 3. The maximum absolute atomic E-state index is 14.8. The van der Waals surface area contributed by atoms with E-state index >= 15 is 0 Å². The first-order chi connectivity index (χ1) is 20.7. The third kappa shape index (κ3) is 5.44. The molecule has 0 radical (unpaired) electrons. The van der Waals surface area contributed by atoms with Gasteiger partial charge in [-0.15, -0.1) is 30.0 Å². The Kier molecular flexibility index (Phi) is 9.67. The number of thioether (sulfide) groups is 1. The maximum atomic E-state index is 14.8. The van der Waals surface area contributed by atoms with Gasteiger partial charge in [-0.25, -0.2) is 4.68 Å². The van der Waals surface area contributed by atoms with Crippen molar-refractivity contribution in [3.05, 3.63) is 49.6 Å². The number of esters is 1. The molecule has 10 nitrogen and oxygen atoms in total. The lowest BCUT2D eigenvalue weighted by Crippen LogP contribution is -2.59. The van der Waals surface area contributed by atoms with E-state index in [-0.39, 0.29) is 54.2 Å². The number of carbonyl (C=O) groups excluding carboxylic acids is 3. The van der Waals surface area contributed by atoms with Crippen molar-refractivity contribution in [3.8, 4) is 0 Å². The first-order valence-corrected chi connectivity index (χ1v) is 16.7. The molecule has 2 amide bonds. The number of nitrogens with zero attached hydrogens (tertiary/aromatic N) is 5. The zero-order valence-electron chi connectivity index (χ0n) is 24.7. The van der Waals surface area contributed by atoms with Crippen LogP contribution in [0.2, 0.25) is 0 Å². The van der Waals surface area contributed by atoms with E-state index in [1.807, 2.05) is 38.1 Å². The molecule has 43 heavy (non-hydrogen) atoms. The Balaban J connectivity index is 1.55. The fourth-order valence-electron chi connectivity index (χ4n) is 7.01. The van der Waals surface area contributed by atoms with E-state index in [2.05, 4.69) is 39.4 Å². The molecule has 0 aliphatic carbocycles. The minimum Gasteiger partial charge on any atom is -0.465 e. The van der Waals surface area contributed by atoms with Crippen LogP contribution in [0.4, 0.5) is 0 Å². The Hall–Kier alpha value is -2.70. The second-order valence-electron chi connectivity index (χ2n) is 11.7. The van der Waals surface area contributed by atoms with Crippen LogP contribution in [0.25, 0.3) is 11.0 Å². The molecule has 1 spiro atoms. The van der Waals surface area contributed by atoms with Gasteiger partial charge in [-0.1, -0.05) is 65.7 Å². The summed E-state index contributed by atoms with van der Waals surface area (Å²) in [4.78, 5) is 46.1. The molecule has 2 bridgehead atoms. The predicted octanol–water partition coefficient (Wildman–Crippen LogP) is 3.78. The highest BCUT2D eigenvalue weighted by Crippen LogP contribution is 2.68. The highest BCUT2D eigenvalue weighted by molar-refractivity contribution is 9.09. The number of aliphatic hydroxyl groups excluding tert-OH is 1. The summed E-state index contributed by atoms with van der Waals surface area (Å²) in [5.41, 5.74) is 1.49. The van der Waals surface area contributed by atoms with Crippen molar-refractivity contribution in [3.63, 3.8) is 0 Å². The minimum atomic E-state index is -0.889. The van der Waals surface area contributed by atoms with Crippen LogP contribution in [0.3, 0.4) is 0 Å². The van der Waals surface area contributed by atoms with Gasteiger partial charge in [-0.2, -0.15) is 0 Å². The van der Waals surface area contributed by atoms with Gasteiger partial charge in [-0.3, -0.25) is 14.4 Å². The number of hydrogen-bond donors (Lipinski definition) is 1. The molecule has 3 aliphatic rings. The van der Waals surface area contributed by atoms with Crippen molar-refractivity contribution in [2.45, 2.75) is 73.1 Å². The number of amides is 2. The lowest BCUT2D eigenvalue weighted by Gasteiger charge is -2.41. The maximum Gasteiger partial charge on any atom is 0.310 e. The highest BCUT2D eigenvalue weighted by atomic mass is 79.9. The topological polar surface area (TPSA) is 118 Å². The quantitative estimate of drug-likeness (QED) is 0.139. The molecule has 3 saturated heterocycles. The number of rotatable bonds is 14. The first-order valence-electron chi connectivity index (χ1n) is 14.9. The van der Waals surface area contributed by atoms with Crippen LogP contribution in [-0.2, 0) is 25.8 Å². The van der Waals surface area contributed by atoms with Crippen molar-refractivity contribution in [1.29, 1.82) is 0 Å². The lowest BCUT2D eigenvalue weighted by molar-refractivity contribution is -0.155. The van der Waals surface area contributed by atoms with Gasteiger partial charge < -0.3 is 19.6 Å². The zero-order chi connectivity index (χ0) is 30.9. The molecule has 4 heterocycles. The molecule has 1 N–H and O–H groups in total. The number of alkyl halides is 1. The number of ether oxygens (including phenoxy) is 1. The summed E-state index contributed by atoms with van der Waals surface area (Å²) in [6.45, 7) is 11.9. The Morgan fingerprint density at radius 2 is 2.09 bits per heavy atom. The number of carbonyl (C=O) groups is 3. The molecular formula is C31H40BrN5O5S. The van der Waals surface area contributed by atoms with Gasteiger partial charge in [-0.05, 0) is 37.3 Å². The Bertz CT molecular complexity index is 1390. The van der Waals surface area contributed by atoms with E-state index in [1.165, 1.54) is 0 Å². The molecule has 12 heteroatoms. The number of fused-ring (bicyclic) bond motifs is 2. The van der Waals surface area contributed by atoms with Gasteiger partial charge in [0.1, 0.15) is 18.2 Å². The van der Waals surface area contributed by atoms with Crippen molar-refractivity contribution >= 4 is 56.5 Å². The van der Waals surface area contributed by atoms with Crippen molar-refractivity contribution in [2.75, 3.05) is 19.8 Å². The second kappa shape index (κ2) is 13.1. The SMILES string of the molecule is C=CCCCOC(=O)[C@H]1[C@@H]2SC3(CC2Br)C(C(=O)N(CC=C)Cn2nnc4ccccc42)N([C@@H](CO)[C@@H](C)CC)C(=O)[C@H]13. The fourth-order valence-corrected chi connectivity index (χ4v) is 10.6. The number of halogens is 1. The normalized spacial score (nSPS) is 29.0. The van der Waals surface area contributed by atoms with Crippen LogP contribution in [0.15, 0.2) is 49.6 Å². The summed E-state index contributed by atoms with van der Waals surface area (Å²) >= 11 is 5.36. The number of aliphatic hydroxyl groups is 1. The van der Waals surface area contributed by atoms with E-state index in [4.69, 9.17) is 4.74 Å². The number of hydrogen-bond acceptors (Lipinski definition) is 8. The van der Waals surface area contributed by atoms with Crippen LogP contribution < -0.4 is 0 Å². The monoisotopic (exact) mass is 673 g/mol. The van der Waals surface area contributed by atoms with Gasteiger partial charge in [0, 0.05) is 16.6 Å².